The van der Waals surface area contributed by atoms with Crippen LogP contribution in [0.4, 0.5) is 31.8 Å². The Morgan fingerprint density at radius 1 is 1.04 bits per heavy atom. The van der Waals surface area contributed by atoms with E-state index in [-0.39, 0.29) is 5.69 Å². The predicted molar refractivity (Wildman–Crippen MR) is 97.3 cm³/mol. The Bertz CT molecular complexity index is 960. The number of halogens is 2. The quantitative estimate of drug-likeness (QED) is 0.752. The molecule has 1 aromatic heterocycles. The second-order valence-corrected chi connectivity index (χ2v) is 6.15. The third-order valence-corrected chi connectivity index (χ3v) is 4.48. The highest BCUT2D eigenvalue weighted by atomic mass is 19.1. The van der Waals surface area contributed by atoms with Crippen LogP contribution in [0.3, 0.4) is 0 Å². The molecular weight excluding hydrogens is 336 g/mol. The lowest BCUT2D eigenvalue weighted by molar-refractivity contribution is 0.586. The van der Waals surface area contributed by atoms with Crippen molar-refractivity contribution in [2.45, 2.75) is 13.0 Å². The second-order valence-electron chi connectivity index (χ2n) is 6.15. The van der Waals surface area contributed by atoms with Gasteiger partial charge in [-0.1, -0.05) is 24.3 Å². The van der Waals surface area contributed by atoms with Crippen LogP contribution in [0.15, 0.2) is 48.8 Å². The summed E-state index contributed by atoms with van der Waals surface area (Å²) < 4.78 is 27.0. The largest absolute Gasteiger partial charge is 0.393 e. The molecule has 1 aliphatic rings. The van der Waals surface area contributed by atoms with Crippen LogP contribution in [0.1, 0.15) is 11.1 Å². The fourth-order valence-electron chi connectivity index (χ4n) is 3.13. The van der Waals surface area contributed by atoms with Gasteiger partial charge < -0.3 is 16.0 Å². The highest BCUT2D eigenvalue weighted by Crippen LogP contribution is 2.32. The van der Waals surface area contributed by atoms with Crippen molar-refractivity contribution < 1.29 is 8.78 Å². The molecule has 0 fully saturated rings. The number of anilines is 4. The lowest BCUT2D eigenvalue weighted by Gasteiger charge is -2.30. The molecule has 2 heterocycles. The molecule has 0 spiro atoms. The van der Waals surface area contributed by atoms with E-state index < -0.39 is 11.6 Å². The van der Waals surface area contributed by atoms with Crippen molar-refractivity contribution in [1.29, 1.82) is 0 Å². The molecule has 3 N–H and O–H groups in total. The van der Waals surface area contributed by atoms with Gasteiger partial charge in [0.05, 0.1) is 5.69 Å². The molecule has 0 saturated carbocycles. The average Bonchev–Trinajstić information content (AvgIpc) is 2.65. The summed E-state index contributed by atoms with van der Waals surface area (Å²) in [5.74, 6) is -0.466. The van der Waals surface area contributed by atoms with E-state index in [0.717, 1.165) is 19.0 Å². The van der Waals surface area contributed by atoms with Gasteiger partial charge in [0.2, 0.25) is 0 Å². The maximum Gasteiger partial charge on any atom is 0.159 e. The summed E-state index contributed by atoms with van der Waals surface area (Å²) in [6.07, 6.45) is 2.28. The molecule has 0 aliphatic carbocycles. The number of aromatic nitrogens is 2. The highest BCUT2D eigenvalue weighted by Gasteiger charge is 2.21. The summed E-state index contributed by atoms with van der Waals surface area (Å²) in [7, 11) is 0. The summed E-state index contributed by atoms with van der Waals surface area (Å²) in [5, 5.41) is 2.82. The van der Waals surface area contributed by atoms with Gasteiger partial charge in [0, 0.05) is 19.2 Å². The van der Waals surface area contributed by atoms with E-state index in [1.54, 1.807) is 0 Å². The Kier molecular flexibility index (Phi) is 4.12. The predicted octanol–water partition coefficient (Wildman–Crippen LogP) is 3.64. The molecule has 1 aliphatic heterocycles. The van der Waals surface area contributed by atoms with Crippen LogP contribution in [0, 0.1) is 11.6 Å². The molecule has 7 heteroatoms. The molecule has 4 rings (SSSR count). The summed E-state index contributed by atoms with van der Waals surface area (Å²) in [4.78, 5) is 10.5. The van der Waals surface area contributed by atoms with Crippen LogP contribution in [0.5, 0.6) is 0 Å². The van der Waals surface area contributed by atoms with Gasteiger partial charge in [-0.3, -0.25) is 0 Å². The third-order valence-electron chi connectivity index (χ3n) is 4.48. The zero-order valence-corrected chi connectivity index (χ0v) is 13.9. The maximum atomic E-state index is 13.9. The lowest BCUT2D eigenvalue weighted by Crippen LogP contribution is -2.31. The van der Waals surface area contributed by atoms with Crippen molar-refractivity contribution in [3.8, 4) is 0 Å². The van der Waals surface area contributed by atoms with Crippen LogP contribution in [0.2, 0.25) is 0 Å². The Morgan fingerprint density at radius 3 is 2.65 bits per heavy atom. The number of nitrogens with two attached hydrogens (primary N) is 1. The standard InChI is InChI=1S/C19H17F2N5/c20-14-5-6-16(15(21)9-14)25-18-17(22)19(24-11-23-18)26-8-7-12-3-1-2-4-13(12)10-26/h1-6,9,11H,7-8,10,22H2,(H,23,24,25). The minimum atomic E-state index is -0.712. The van der Waals surface area contributed by atoms with Crippen molar-refractivity contribution in [1.82, 2.24) is 9.97 Å². The molecular formula is C19H17F2N5. The zero-order chi connectivity index (χ0) is 18.1. The Hall–Kier alpha value is -3.22. The maximum absolute atomic E-state index is 13.9. The first-order valence-electron chi connectivity index (χ1n) is 8.26. The molecule has 0 atom stereocenters. The molecule has 0 radical (unpaired) electrons. The molecule has 26 heavy (non-hydrogen) atoms. The SMILES string of the molecule is Nc1c(Nc2ccc(F)cc2F)ncnc1N1CCc2ccccc2C1. The monoisotopic (exact) mass is 353 g/mol. The lowest BCUT2D eigenvalue weighted by atomic mass is 10.00. The summed E-state index contributed by atoms with van der Waals surface area (Å²) in [6.45, 7) is 1.48. The number of hydrogen-bond donors (Lipinski definition) is 2. The molecule has 3 aromatic rings. The first-order chi connectivity index (χ1) is 12.6. The zero-order valence-electron chi connectivity index (χ0n) is 13.9. The van der Waals surface area contributed by atoms with E-state index in [0.29, 0.717) is 23.9 Å². The molecule has 132 valence electrons. The summed E-state index contributed by atoms with van der Waals surface area (Å²) >= 11 is 0. The normalized spacial score (nSPS) is 13.4. The average molecular weight is 353 g/mol. The van der Waals surface area contributed by atoms with Gasteiger partial charge in [0.1, 0.15) is 23.6 Å². The van der Waals surface area contributed by atoms with Crippen LogP contribution >= 0.6 is 0 Å². The van der Waals surface area contributed by atoms with E-state index in [1.165, 1.54) is 29.6 Å². The Balaban J connectivity index is 1.62. The van der Waals surface area contributed by atoms with Gasteiger partial charge in [0.25, 0.3) is 0 Å². The number of nitrogen functional groups attached to an aromatic ring is 1. The number of nitrogens with one attached hydrogen (secondary N) is 1. The van der Waals surface area contributed by atoms with Gasteiger partial charge in [-0.15, -0.1) is 0 Å². The summed E-state index contributed by atoms with van der Waals surface area (Å²) in [6, 6.07) is 11.5. The summed E-state index contributed by atoms with van der Waals surface area (Å²) in [5.41, 5.74) is 9.22. The van der Waals surface area contributed by atoms with E-state index in [1.807, 2.05) is 12.1 Å². The van der Waals surface area contributed by atoms with Crippen LogP contribution in [0.25, 0.3) is 0 Å². The Labute approximate surface area is 149 Å². The van der Waals surface area contributed by atoms with Crippen LogP contribution in [-0.4, -0.2) is 16.5 Å². The van der Waals surface area contributed by atoms with Crippen molar-refractivity contribution >= 4 is 23.0 Å². The second kappa shape index (κ2) is 6.59. The molecule has 2 aromatic carbocycles. The number of hydrogen-bond acceptors (Lipinski definition) is 5. The smallest absolute Gasteiger partial charge is 0.159 e. The van der Waals surface area contributed by atoms with Crippen molar-refractivity contribution in [3.05, 3.63) is 71.6 Å². The molecule has 5 nitrogen and oxygen atoms in total. The van der Waals surface area contributed by atoms with E-state index in [2.05, 4.69) is 32.3 Å². The minimum absolute atomic E-state index is 0.103. The molecule has 0 amide bonds. The van der Waals surface area contributed by atoms with Gasteiger partial charge in [-0.05, 0) is 29.7 Å². The Morgan fingerprint density at radius 2 is 1.85 bits per heavy atom. The topological polar surface area (TPSA) is 67.1 Å². The van der Waals surface area contributed by atoms with Crippen LogP contribution < -0.4 is 16.0 Å². The van der Waals surface area contributed by atoms with E-state index in [4.69, 9.17) is 5.73 Å². The van der Waals surface area contributed by atoms with Crippen molar-refractivity contribution in [3.63, 3.8) is 0 Å². The van der Waals surface area contributed by atoms with E-state index >= 15 is 0 Å². The fraction of sp³-hybridized carbons (Fsp3) is 0.158. The first kappa shape index (κ1) is 16.3. The molecule has 0 saturated heterocycles. The minimum Gasteiger partial charge on any atom is -0.393 e. The van der Waals surface area contributed by atoms with Gasteiger partial charge >= 0.3 is 0 Å². The number of rotatable bonds is 3. The fourth-order valence-corrected chi connectivity index (χ4v) is 3.13. The van der Waals surface area contributed by atoms with Crippen molar-refractivity contribution in [2.75, 3.05) is 22.5 Å². The van der Waals surface area contributed by atoms with Gasteiger partial charge in [0.15, 0.2) is 11.6 Å². The van der Waals surface area contributed by atoms with Crippen LogP contribution in [-0.2, 0) is 13.0 Å². The molecule has 0 unspecified atom stereocenters. The van der Waals surface area contributed by atoms with E-state index in [9.17, 15) is 8.78 Å². The first-order valence-corrected chi connectivity index (χ1v) is 8.26. The molecule has 0 bridgehead atoms. The van der Waals surface area contributed by atoms with Gasteiger partial charge in [-0.25, -0.2) is 18.7 Å². The number of benzene rings is 2. The number of nitrogens with zero attached hydrogens (tertiary/aromatic N) is 3. The van der Waals surface area contributed by atoms with Crippen molar-refractivity contribution in [2.24, 2.45) is 0 Å². The highest BCUT2D eigenvalue weighted by molar-refractivity contribution is 5.78. The van der Waals surface area contributed by atoms with Gasteiger partial charge in [-0.2, -0.15) is 0 Å². The third kappa shape index (κ3) is 3.03. The number of fused-ring (bicyclic) bond motifs is 1.